The van der Waals surface area contributed by atoms with Gasteiger partial charge in [0.15, 0.2) is 6.61 Å². The van der Waals surface area contributed by atoms with Crippen LogP contribution in [0.25, 0.3) is 0 Å². The molecule has 0 rings (SSSR count). The predicted octanol–water partition coefficient (Wildman–Crippen LogP) is 0.247. The van der Waals surface area contributed by atoms with Gasteiger partial charge in [-0.1, -0.05) is 13.2 Å². The molecule has 0 aromatic carbocycles. The maximum Gasteiger partial charge on any atom is 0.349 e. The molecule has 0 aromatic rings. The summed E-state index contributed by atoms with van der Waals surface area (Å²) < 4.78 is 8.65. The van der Waals surface area contributed by atoms with Crippen molar-refractivity contribution in [3.05, 3.63) is 25.0 Å². The van der Waals surface area contributed by atoms with Crippen LogP contribution >= 0.6 is 0 Å². The lowest BCUT2D eigenvalue weighted by Gasteiger charge is -2.03. The molecule has 6 nitrogen and oxygen atoms in total. The van der Waals surface area contributed by atoms with Crippen LogP contribution in [0.2, 0.25) is 0 Å². The SMILES string of the molecule is C=COC(=O)COC(=O)C(=C)CC(=O)O. The van der Waals surface area contributed by atoms with Gasteiger partial charge < -0.3 is 14.6 Å². The number of carbonyl (C=O) groups excluding carboxylic acids is 2. The Hall–Kier alpha value is -2.11. The summed E-state index contributed by atoms with van der Waals surface area (Å²) in [5.74, 6) is -2.95. The first-order valence-corrected chi connectivity index (χ1v) is 3.84. The Morgan fingerprint density at radius 1 is 1.33 bits per heavy atom. The Labute approximate surface area is 85.8 Å². The molecule has 0 saturated heterocycles. The van der Waals surface area contributed by atoms with E-state index in [2.05, 4.69) is 22.6 Å². The molecular formula is C9H10O6. The fraction of sp³-hybridized carbons (Fsp3) is 0.222. The van der Waals surface area contributed by atoms with Crippen molar-refractivity contribution in [2.24, 2.45) is 0 Å². The summed E-state index contributed by atoms with van der Waals surface area (Å²) in [5, 5.41) is 8.32. The fourth-order valence-electron chi connectivity index (χ4n) is 0.608. The van der Waals surface area contributed by atoms with Crippen LogP contribution in [0.4, 0.5) is 0 Å². The first-order chi connectivity index (χ1) is 6.97. The van der Waals surface area contributed by atoms with E-state index >= 15 is 0 Å². The lowest BCUT2D eigenvalue weighted by atomic mass is 10.2. The number of esters is 2. The van der Waals surface area contributed by atoms with Gasteiger partial charge in [0, 0.05) is 5.57 Å². The number of carboxylic acid groups (broad SMARTS) is 1. The van der Waals surface area contributed by atoms with Crippen molar-refractivity contribution in [1.29, 1.82) is 0 Å². The van der Waals surface area contributed by atoms with Gasteiger partial charge >= 0.3 is 17.9 Å². The van der Waals surface area contributed by atoms with Crippen molar-refractivity contribution in [3.8, 4) is 0 Å². The van der Waals surface area contributed by atoms with Gasteiger partial charge in [0.25, 0.3) is 0 Å². The summed E-state index contributed by atoms with van der Waals surface area (Å²) in [6.45, 7) is 5.71. The molecule has 0 aliphatic carbocycles. The zero-order valence-corrected chi connectivity index (χ0v) is 7.89. The molecule has 15 heavy (non-hydrogen) atoms. The Kier molecular flexibility index (Phi) is 5.47. The number of aliphatic carboxylic acids is 1. The van der Waals surface area contributed by atoms with E-state index in [4.69, 9.17) is 5.11 Å². The molecule has 1 N–H and O–H groups in total. The number of hydrogen-bond acceptors (Lipinski definition) is 5. The van der Waals surface area contributed by atoms with Crippen molar-refractivity contribution in [2.75, 3.05) is 6.61 Å². The van der Waals surface area contributed by atoms with Crippen LogP contribution in [0.1, 0.15) is 6.42 Å². The number of ether oxygens (including phenoxy) is 2. The normalized spacial score (nSPS) is 8.80. The molecular weight excluding hydrogens is 204 g/mol. The molecule has 0 amide bonds. The zero-order valence-electron chi connectivity index (χ0n) is 7.89. The second-order valence-electron chi connectivity index (χ2n) is 2.41. The fourth-order valence-corrected chi connectivity index (χ4v) is 0.608. The molecule has 0 aliphatic rings. The Morgan fingerprint density at radius 3 is 2.40 bits per heavy atom. The first-order valence-electron chi connectivity index (χ1n) is 3.84. The van der Waals surface area contributed by atoms with E-state index in [1.807, 2.05) is 0 Å². The Balaban J connectivity index is 3.93. The maximum absolute atomic E-state index is 11.0. The quantitative estimate of drug-likeness (QED) is 0.387. The maximum atomic E-state index is 11.0. The van der Waals surface area contributed by atoms with E-state index in [0.29, 0.717) is 0 Å². The van der Waals surface area contributed by atoms with Crippen LogP contribution in [0, 0.1) is 0 Å². The second-order valence-corrected chi connectivity index (χ2v) is 2.41. The van der Waals surface area contributed by atoms with Crippen LogP contribution in [0.15, 0.2) is 25.0 Å². The molecule has 0 heterocycles. The number of rotatable bonds is 6. The van der Waals surface area contributed by atoms with E-state index in [9.17, 15) is 14.4 Å². The van der Waals surface area contributed by atoms with E-state index < -0.39 is 30.9 Å². The van der Waals surface area contributed by atoms with Crippen LogP contribution in [-0.4, -0.2) is 29.6 Å². The topological polar surface area (TPSA) is 89.9 Å². The second kappa shape index (κ2) is 6.36. The molecule has 0 aliphatic heterocycles. The third kappa shape index (κ3) is 6.03. The first kappa shape index (κ1) is 12.9. The van der Waals surface area contributed by atoms with Crippen molar-refractivity contribution in [2.45, 2.75) is 6.42 Å². The lowest BCUT2D eigenvalue weighted by Crippen LogP contribution is -2.17. The highest BCUT2D eigenvalue weighted by Crippen LogP contribution is 2.00. The number of carbonyl (C=O) groups is 3. The van der Waals surface area contributed by atoms with Gasteiger partial charge in [-0.05, 0) is 0 Å². The Morgan fingerprint density at radius 2 is 1.93 bits per heavy atom. The van der Waals surface area contributed by atoms with Gasteiger partial charge in [-0.25, -0.2) is 9.59 Å². The zero-order chi connectivity index (χ0) is 11.8. The number of carboxylic acids is 1. The van der Waals surface area contributed by atoms with Gasteiger partial charge in [-0.2, -0.15) is 0 Å². The van der Waals surface area contributed by atoms with E-state index in [-0.39, 0.29) is 5.57 Å². The molecule has 0 fully saturated rings. The van der Waals surface area contributed by atoms with E-state index in [1.165, 1.54) is 0 Å². The highest BCUT2D eigenvalue weighted by Gasteiger charge is 2.14. The minimum Gasteiger partial charge on any atom is -0.481 e. The average Bonchev–Trinajstić information content (AvgIpc) is 2.13. The van der Waals surface area contributed by atoms with Crippen LogP contribution in [-0.2, 0) is 23.9 Å². The van der Waals surface area contributed by atoms with Gasteiger partial charge in [0.1, 0.15) is 0 Å². The van der Waals surface area contributed by atoms with Gasteiger partial charge in [0.05, 0.1) is 12.7 Å². The molecule has 82 valence electrons. The molecule has 0 aromatic heterocycles. The summed E-state index contributed by atoms with van der Waals surface area (Å²) in [6.07, 6.45) is 0.359. The molecule has 0 bridgehead atoms. The minimum atomic E-state index is -1.20. The van der Waals surface area contributed by atoms with Crippen molar-refractivity contribution in [1.82, 2.24) is 0 Å². The summed E-state index contributed by atoms with van der Waals surface area (Å²) >= 11 is 0. The standard InChI is InChI=1S/C9H10O6/c1-3-14-8(12)5-15-9(13)6(2)4-7(10)11/h3H,1-2,4-5H2,(H,10,11). The minimum absolute atomic E-state index is 0.242. The highest BCUT2D eigenvalue weighted by molar-refractivity contribution is 5.93. The summed E-state index contributed by atoms with van der Waals surface area (Å²) in [4.78, 5) is 31.8. The molecule has 0 atom stereocenters. The lowest BCUT2D eigenvalue weighted by molar-refractivity contribution is -0.153. The highest BCUT2D eigenvalue weighted by atomic mass is 16.6. The third-order valence-electron chi connectivity index (χ3n) is 1.19. The monoisotopic (exact) mass is 214 g/mol. The van der Waals surface area contributed by atoms with Crippen LogP contribution < -0.4 is 0 Å². The molecule has 0 radical (unpaired) electrons. The van der Waals surface area contributed by atoms with Crippen molar-refractivity contribution >= 4 is 17.9 Å². The van der Waals surface area contributed by atoms with Crippen molar-refractivity contribution in [3.63, 3.8) is 0 Å². The van der Waals surface area contributed by atoms with Crippen LogP contribution in [0.3, 0.4) is 0 Å². The molecule has 6 heteroatoms. The van der Waals surface area contributed by atoms with Crippen LogP contribution in [0.5, 0.6) is 0 Å². The average molecular weight is 214 g/mol. The molecule has 0 saturated carbocycles. The smallest absolute Gasteiger partial charge is 0.349 e. The molecule has 0 unspecified atom stereocenters. The van der Waals surface area contributed by atoms with Gasteiger partial charge in [0.2, 0.25) is 0 Å². The van der Waals surface area contributed by atoms with E-state index in [0.717, 1.165) is 6.26 Å². The van der Waals surface area contributed by atoms with Gasteiger partial charge in [-0.3, -0.25) is 4.79 Å². The summed E-state index contributed by atoms with van der Waals surface area (Å²) in [5.41, 5.74) is -0.242. The summed E-state index contributed by atoms with van der Waals surface area (Å²) in [6, 6.07) is 0. The largest absolute Gasteiger partial charge is 0.481 e. The Bertz CT molecular complexity index is 304. The molecule has 0 spiro atoms. The van der Waals surface area contributed by atoms with Crippen molar-refractivity contribution < 1.29 is 29.0 Å². The van der Waals surface area contributed by atoms with E-state index in [1.54, 1.807) is 0 Å². The number of hydrogen-bond donors (Lipinski definition) is 1. The van der Waals surface area contributed by atoms with Gasteiger partial charge in [-0.15, -0.1) is 0 Å². The third-order valence-corrected chi connectivity index (χ3v) is 1.19. The summed E-state index contributed by atoms with van der Waals surface area (Å²) in [7, 11) is 0. The predicted molar refractivity (Wildman–Crippen MR) is 48.6 cm³/mol.